The van der Waals surface area contributed by atoms with Crippen LogP contribution in [0.5, 0.6) is 0 Å². The lowest BCUT2D eigenvalue weighted by Gasteiger charge is -2.03. The molecule has 0 aliphatic rings. The van der Waals surface area contributed by atoms with Crippen LogP contribution in [0.3, 0.4) is 0 Å². The Hall–Kier alpha value is -3.68. The molecular formula is C19H19FN6O. The molecule has 3 rings (SSSR count). The van der Waals surface area contributed by atoms with Crippen molar-refractivity contribution in [3.63, 3.8) is 0 Å². The predicted molar refractivity (Wildman–Crippen MR) is 104 cm³/mol. The number of rotatable bonds is 5. The first kappa shape index (κ1) is 19.6. The first-order valence-corrected chi connectivity index (χ1v) is 8.01. The molecule has 0 saturated carbocycles. The molecule has 7 nitrogen and oxygen atoms in total. The smallest absolute Gasteiger partial charge is 0.212 e. The van der Waals surface area contributed by atoms with E-state index in [0.717, 1.165) is 11.3 Å². The molecule has 0 aliphatic carbocycles. The summed E-state index contributed by atoms with van der Waals surface area (Å²) in [6, 6.07) is 10.2. The van der Waals surface area contributed by atoms with Crippen molar-refractivity contribution in [2.45, 2.75) is 13.8 Å². The third kappa shape index (κ3) is 5.15. The number of carbonyl (C=O) groups excluding carboxylic acids is 1. The number of carbonyl (C=O) groups is 1. The lowest BCUT2D eigenvalue weighted by atomic mass is 10.1. The van der Waals surface area contributed by atoms with Crippen LogP contribution in [-0.4, -0.2) is 33.9 Å². The van der Waals surface area contributed by atoms with E-state index in [0.29, 0.717) is 23.5 Å². The first-order valence-electron chi connectivity index (χ1n) is 8.01. The first-order chi connectivity index (χ1) is 13.1. The van der Waals surface area contributed by atoms with Crippen molar-refractivity contribution in [1.82, 2.24) is 19.9 Å². The molecule has 1 N–H and O–H groups in total. The molecule has 0 atom stereocenters. The zero-order valence-corrected chi connectivity index (χ0v) is 15.0. The van der Waals surface area contributed by atoms with Crippen LogP contribution in [0.15, 0.2) is 64.6 Å². The number of hydrogen-bond acceptors (Lipinski definition) is 5. The van der Waals surface area contributed by atoms with Crippen molar-refractivity contribution in [3.8, 4) is 11.3 Å². The van der Waals surface area contributed by atoms with Crippen molar-refractivity contribution in [1.29, 1.82) is 0 Å². The highest BCUT2D eigenvalue weighted by Crippen LogP contribution is 2.20. The Morgan fingerprint density at radius 3 is 2.74 bits per heavy atom. The number of aliphatic imine (C=N–C) groups is 2. The summed E-state index contributed by atoms with van der Waals surface area (Å²) in [5.41, 5.74) is 2.81. The van der Waals surface area contributed by atoms with Crippen molar-refractivity contribution in [2.24, 2.45) is 9.98 Å². The molecule has 2 aromatic heterocycles. The maximum absolute atomic E-state index is 13.6. The Morgan fingerprint density at radius 1 is 1.30 bits per heavy atom. The number of halogens is 1. The highest BCUT2D eigenvalue weighted by atomic mass is 19.1. The van der Waals surface area contributed by atoms with Gasteiger partial charge in [-0.05, 0) is 44.8 Å². The third-order valence-electron chi connectivity index (χ3n) is 3.37. The van der Waals surface area contributed by atoms with Crippen LogP contribution in [0.4, 0.5) is 4.39 Å². The molecule has 0 fully saturated rings. The van der Waals surface area contributed by atoms with E-state index in [4.69, 9.17) is 0 Å². The molecule has 0 saturated heterocycles. The van der Waals surface area contributed by atoms with Crippen LogP contribution < -0.4 is 5.32 Å². The van der Waals surface area contributed by atoms with Crippen LogP contribution in [0.1, 0.15) is 12.6 Å². The lowest BCUT2D eigenvalue weighted by Crippen LogP contribution is -2.07. The van der Waals surface area contributed by atoms with Gasteiger partial charge in [-0.25, -0.2) is 18.9 Å². The Kier molecular flexibility index (Phi) is 7.07. The van der Waals surface area contributed by atoms with Gasteiger partial charge in [0.1, 0.15) is 11.6 Å². The summed E-state index contributed by atoms with van der Waals surface area (Å²) >= 11 is 0. The molecular weight excluding hydrogens is 347 g/mol. The molecule has 1 amide bonds. The normalized spacial score (nSPS) is 11.1. The van der Waals surface area contributed by atoms with Gasteiger partial charge in [0.05, 0.1) is 23.8 Å². The summed E-state index contributed by atoms with van der Waals surface area (Å²) < 4.78 is 15.3. The Balaban J connectivity index is 0.000000227. The molecule has 2 heterocycles. The Labute approximate surface area is 156 Å². The molecule has 0 radical (unpaired) electrons. The van der Waals surface area contributed by atoms with E-state index in [1.165, 1.54) is 12.3 Å². The number of amides is 1. The SMILES string of the molecule is C=N/C=C(\N=C/C)NC=O.Cc1cnc2ccc(-c3ccccc3F)nn12. The Bertz CT molecular complexity index is 993. The zero-order chi connectivity index (χ0) is 19.6. The minimum Gasteiger partial charge on any atom is -0.312 e. The lowest BCUT2D eigenvalue weighted by molar-refractivity contribution is -0.108. The fourth-order valence-electron chi connectivity index (χ4n) is 2.19. The molecule has 27 heavy (non-hydrogen) atoms. The second-order valence-corrected chi connectivity index (χ2v) is 5.21. The van der Waals surface area contributed by atoms with Crippen molar-refractivity contribution in [2.75, 3.05) is 0 Å². The summed E-state index contributed by atoms with van der Waals surface area (Å²) in [5, 5.41) is 6.71. The molecule has 3 aromatic rings. The largest absolute Gasteiger partial charge is 0.312 e. The molecule has 1 aromatic carbocycles. The van der Waals surface area contributed by atoms with Crippen molar-refractivity contribution >= 4 is 25.0 Å². The fourth-order valence-corrected chi connectivity index (χ4v) is 2.19. The number of nitrogens with one attached hydrogen (secondary N) is 1. The van der Waals surface area contributed by atoms with Crippen LogP contribution in [-0.2, 0) is 4.79 Å². The number of nitrogens with zero attached hydrogens (tertiary/aromatic N) is 5. The average molecular weight is 366 g/mol. The van der Waals surface area contributed by atoms with E-state index in [-0.39, 0.29) is 5.82 Å². The van der Waals surface area contributed by atoms with Gasteiger partial charge in [-0.1, -0.05) is 12.1 Å². The maximum atomic E-state index is 13.6. The highest BCUT2D eigenvalue weighted by molar-refractivity contribution is 5.61. The van der Waals surface area contributed by atoms with Gasteiger partial charge in [0.25, 0.3) is 0 Å². The zero-order valence-electron chi connectivity index (χ0n) is 15.0. The minimum atomic E-state index is -0.267. The number of aromatic nitrogens is 3. The highest BCUT2D eigenvalue weighted by Gasteiger charge is 2.07. The van der Waals surface area contributed by atoms with Crippen molar-refractivity contribution < 1.29 is 9.18 Å². The van der Waals surface area contributed by atoms with Gasteiger partial charge in [-0.3, -0.25) is 9.79 Å². The standard InChI is InChI=1S/C13H10FN3.C6H9N3O/c1-9-8-15-13-7-6-12(16-17(9)13)10-4-2-3-5-11(10)14;1-3-8-6(4-7-2)9-5-10/h2-8H,1H3;3-5H,2H2,1H3,(H,9,10)/b;6-4+,8-3-. The maximum Gasteiger partial charge on any atom is 0.212 e. The molecule has 0 unspecified atom stereocenters. The molecule has 0 bridgehead atoms. The van der Waals surface area contributed by atoms with E-state index in [9.17, 15) is 9.18 Å². The van der Waals surface area contributed by atoms with Crippen LogP contribution >= 0.6 is 0 Å². The molecule has 0 spiro atoms. The fraction of sp³-hybridized carbons (Fsp3) is 0.105. The molecule has 8 heteroatoms. The summed E-state index contributed by atoms with van der Waals surface area (Å²) in [7, 11) is 0. The minimum absolute atomic E-state index is 0.267. The number of fused-ring (bicyclic) bond motifs is 1. The van der Waals surface area contributed by atoms with Gasteiger partial charge >= 0.3 is 0 Å². The predicted octanol–water partition coefficient (Wildman–Crippen LogP) is 3.17. The monoisotopic (exact) mass is 366 g/mol. The Morgan fingerprint density at radius 2 is 2.07 bits per heavy atom. The number of imidazole rings is 1. The summed E-state index contributed by atoms with van der Waals surface area (Å²) in [5.74, 6) is 0.115. The third-order valence-corrected chi connectivity index (χ3v) is 3.37. The topological polar surface area (TPSA) is 84.0 Å². The van der Waals surface area contributed by atoms with Gasteiger partial charge in [-0.15, -0.1) is 0 Å². The number of aryl methyl sites for hydroxylation is 1. The summed E-state index contributed by atoms with van der Waals surface area (Å²) in [6.45, 7) is 6.86. The van der Waals surface area contributed by atoms with E-state index in [1.807, 2.05) is 13.0 Å². The molecule has 0 aliphatic heterocycles. The summed E-state index contributed by atoms with van der Waals surface area (Å²) in [4.78, 5) is 21.2. The van der Waals surface area contributed by atoms with E-state index in [1.54, 1.807) is 48.1 Å². The van der Waals surface area contributed by atoms with Gasteiger partial charge in [0.15, 0.2) is 5.65 Å². The second kappa shape index (κ2) is 9.71. The second-order valence-electron chi connectivity index (χ2n) is 5.21. The van der Waals surface area contributed by atoms with Crippen LogP contribution in [0.25, 0.3) is 16.9 Å². The van der Waals surface area contributed by atoms with Crippen molar-refractivity contribution in [3.05, 3.63) is 66.1 Å². The van der Waals surface area contributed by atoms with E-state index >= 15 is 0 Å². The van der Waals surface area contributed by atoms with Crippen LogP contribution in [0, 0.1) is 12.7 Å². The quantitative estimate of drug-likeness (QED) is 0.556. The van der Waals surface area contributed by atoms with Gasteiger partial charge < -0.3 is 5.32 Å². The van der Waals surface area contributed by atoms with Gasteiger partial charge in [-0.2, -0.15) is 5.10 Å². The average Bonchev–Trinajstić information content (AvgIpc) is 3.04. The van der Waals surface area contributed by atoms with Gasteiger partial charge in [0, 0.05) is 11.8 Å². The van der Waals surface area contributed by atoms with E-state index in [2.05, 4.69) is 32.1 Å². The molecule has 138 valence electrons. The summed E-state index contributed by atoms with van der Waals surface area (Å²) in [6.07, 6.45) is 5.18. The van der Waals surface area contributed by atoms with E-state index < -0.39 is 0 Å². The number of hydrogen-bond donors (Lipinski definition) is 1. The number of benzene rings is 1. The van der Waals surface area contributed by atoms with Gasteiger partial charge in [0.2, 0.25) is 6.41 Å². The van der Waals surface area contributed by atoms with Crippen LogP contribution in [0.2, 0.25) is 0 Å².